The number of halogens is 1. The van der Waals surface area contributed by atoms with Crippen LogP contribution in [0.15, 0.2) is 22.9 Å². The molecule has 2 rings (SSSR count). The standard InChI is InChI=1S/C14H21BrN2O/c15-14-7-6-12(10-17-14)11-18-9-3-5-13-4-1-2-8-16-13/h6-7,10,13,16H,1-5,8-9,11H2/t13-/m1/s1. The highest BCUT2D eigenvalue weighted by atomic mass is 79.9. The van der Waals surface area contributed by atoms with E-state index in [0.29, 0.717) is 6.61 Å². The Bertz CT molecular complexity index is 336. The van der Waals surface area contributed by atoms with Gasteiger partial charge in [0.1, 0.15) is 4.60 Å². The van der Waals surface area contributed by atoms with Gasteiger partial charge in [-0.1, -0.05) is 12.5 Å². The van der Waals surface area contributed by atoms with E-state index in [4.69, 9.17) is 4.74 Å². The molecule has 0 amide bonds. The van der Waals surface area contributed by atoms with E-state index in [9.17, 15) is 0 Å². The van der Waals surface area contributed by atoms with Crippen LogP contribution in [0.4, 0.5) is 0 Å². The summed E-state index contributed by atoms with van der Waals surface area (Å²) in [6.45, 7) is 2.70. The second-order valence-electron chi connectivity index (χ2n) is 4.83. The fourth-order valence-corrected chi connectivity index (χ4v) is 2.52. The van der Waals surface area contributed by atoms with Crippen LogP contribution in [0.1, 0.15) is 37.7 Å². The van der Waals surface area contributed by atoms with Gasteiger partial charge in [-0.3, -0.25) is 0 Å². The summed E-state index contributed by atoms with van der Waals surface area (Å²) in [5.41, 5.74) is 1.13. The number of pyridine rings is 1. The zero-order valence-corrected chi connectivity index (χ0v) is 12.3. The van der Waals surface area contributed by atoms with Crippen molar-refractivity contribution >= 4 is 15.9 Å². The molecule has 0 radical (unpaired) electrons. The number of rotatable bonds is 6. The minimum atomic E-state index is 0.665. The van der Waals surface area contributed by atoms with Crippen molar-refractivity contribution in [3.63, 3.8) is 0 Å². The molecule has 0 bridgehead atoms. The molecule has 1 N–H and O–H groups in total. The third kappa shape index (κ3) is 5.04. The van der Waals surface area contributed by atoms with E-state index in [0.717, 1.165) is 29.2 Å². The third-order valence-electron chi connectivity index (χ3n) is 3.31. The predicted molar refractivity (Wildman–Crippen MR) is 76.5 cm³/mol. The minimum absolute atomic E-state index is 0.665. The smallest absolute Gasteiger partial charge is 0.106 e. The van der Waals surface area contributed by atoms with Crippen LogP contribution >= 0.6 is 15.9 Å². The van der Waals surface area contributed by atoms with Gasteiger partial charge in [-0.05, 0) is 59.8 Å². The second kappa shape index (κ2) is 7.87. The van der Waals surface area contributed by atoms with Crippen molar-refractivity contribution in [2.24, 2.45) is 0 Å². The van der Waals surface area contributed by atoms with Gasteiger partial charge in [0.05, 0.1) is 6.61 Å². The summed E-state index contributed by atoms with van der Waals surface area (Å²) in [5, 5.41) is 3.56. The molecule has 100 valence electrons. The number of nitrogens with zero attached hydrogens (tertiary/aromatic N) is 1. The maximum Gasteiger partial charge on any atom is 0.106 e. The number of hydrogen-bond acceptors (Lipinski definition) is 3. The van der Waals surface area contributed by atoms with E-state index in [2.05, 4.69) is 26.2 Å². The Morgan fingerprint density at radius 1 is 1.39 bits per heavy atom. The average molecular weight is 313 g/mol. The topological polar surface area (TPSA) is 34.1 Å². The third-order valence-corrected chi connectivity index (χ3v) is 3.78. The Labute approximate surface area is 117 Å². The highest BCUT2D eigenvalue weighted by molar-refractivity contribution is 9.10. The van der Waals surface area contributed by atoms with Crippen molar-refractivity contribution in [1.29, 1.82) is 0 Å². The molecule has 1 fully saturated rings. The summed E-state index contributed by atoms with van der Waals surface area (Å²) in [4.78, 5) is 4.18. The normalized spacial score (nSPS) is 19.9. The van der Waals surface area contributed by atoms with Gasteiger partial charge in [-0.2, -0.15) is 0 Å². The van der Waals surface area contributed by atoms with Crippen molar-refractivity contribution in [1.82, 2.24) is 10.3 Å². The quantitative estimate of drug-likeness (QED) is 0.646. The highest BCUT2D eigenvalue weighted by Crippen LogP contribution is 2.12. The van der Waals surface area contributed by atoms with E-state index in [1.54, 1.807) is 0 Å². The van der Waals surface area contributed by atoms with Crippen LogP contribution in [-0.4, -0.2) is 24.2 Å². The van der Waals surface area contributed by atoms with Crippen LogP contribution < -0.4 is 5.32 Å². The van der Waals surface area contributed by atoms with Crippen LogP contribution in [0.5, 0.6) is 0 Å². The first kappa shape index (κ1) is 14.0. The summed E-state index contributed by atoms with van der Waals surface area (Å²) < 4.78 is 6.54. The molecule has 1 atom stereocenters. The summed E-state index contributed by atoms with van der Waals surface area (Å²) in [5.74, 6) is 0. The SMILES string of the molecule is Brc1ccc(COCCC[C@H]2CCCCN2)cn1. The average Bonchev–Trinajstić information content (AvgIpc) is 2.42. The van der Waals surface area contributed by atoms with Gasteiger partial charge >= 0.3 is 0 Å². The molecule has 3 nitrogen and oxygen atoms in total. The first-order valence-corrected chi connectivity index (χ1v) is 7.55. The van der Waals surface area contributed by atoms with Gasteiger partial charge in [0.25, 0.3) is 0 Å². The van der Waals surface area contributed by atoms with Gasteiger partial charge in [0.15, 0.2) is 0 Å². The molecular formula is C14H21BrN2O. The Hall–Kier alpha value is -0.450. The van der Waals surface area contributed by atoms with E-state index in [-0.39, 0.29) is 0 Å². The minimum Gasteiger partial charge on any atom is -0.377 e. The summed E-state index contributed by atoms with van der Waals surface area (Å²) in [6.07, 6.45) is 8.27. The van der Waals surface area contributed by atoms with E-state index in [1.165, 1.54) is 32.2 Å². The maximum atomic E-state index is 5.67. The number of nitrogens with one attached hydrogen (secondary N) is 1. The molecule has 0 aliphatic carbocycles. The molecule has 0 spiro atoms. The fraction of sp³-hybridized carbons (Fsp3) is 0.643. The molecule has 1 aliphatic rings. The second-order valence-corrected chi connectivity index (χ2v) is 5.64. The zero-order valence-electron chi connectivity index (χ0n) is 10.7. The van der Waals surface area contributed by atoms with Gasteiger partial charge in [-0.25, -0.2) is 4.98 Å². The molecule has 0 unspecified atom stereocenters. The largest absolute Gasteiger partial charge is 0.377 e. The number of piperidine rings is 1. The zero-order chi connectivity index (χ0) is 12.6. The lowest BCUT2D eigenvalue weighted by atomic mass is 10.0. The molecular weight excluding hydrogens is 292 g/mol. The van der Waals surface area contributed by atoms with Crippen molar-refractivity contribution in [3.05, 3.63) is 28.5 Å². The Balaban J connectivity index is 1.54. The molecule has 1 saturated heterocycles. The fourth-order valence-electron chi connectivity index (χ4n) is 2.28. The molecule has 1 aromatic rings. The molecule has 0 aromatic carbocycles. The summed E-state index contributed by atoms with van der Waals surface area (Å²) in [7, 11) is 0. The van der Waals surface area contributed by atoms with E-state index < -0.39 is 0 Å². The van der Waals surface area contributed by atoms with Crippen molar-refractivity contribution in [3.8, 4) is 0 Å². The molecule has 1 aromatic heterocycles. The lowest BCUT2D eigenvalue weighted by Crippen LogP contribution is -2.33. The molecule has 1 aliphatic heterocycles. The number of ether oxygens (including phenoxy) is 1. The van der Waals surface area contributed by atoms with Gasteiger partial charge in [0, 0.05) is 18.8 Å². The number of hydrogen-bond donors (Lipinski definition) is 1. The molecule has 0 saturated carbocycles. The first-order chi connectivity index (χ1) is 8.84. The van der Waals surface area contributed by atoms with Crippen LogP contribution in [-0.2, 0) is 11.3 Å². The first-order valence-electron chi connectivity index (χ1n) is 6.76. The molecule has 18 heavy (non-hydrogen) atoms. The van der Waals surface area contributed by atoms with Crippen molar-refractivity contribution in [2.75, 3.05) is 13.2 Å². The lowest BCUT2D eigenvalue weighted by molar-refractivity contribution is 0.114. The Kier molecular flexibility index (Phi) is 6.11. The lowest BCUT2D eigenvalue weighted by Gasteiger charge is -2.23. The monoisotopic (exact) mass is 312 g/mol. The summed E-state index contributed by atoms with van der Waals surface area (Å²) >= 11 is 3.32. The molecule has 2 heterocycles. The van der Waals surface area contributed by atoms with Gasteiger partial charge in [0.2, 0.25) is 0 Å². The van der Waals surface area contributed by atoms with E-state index >= 15 is 0 Å². The Morgan fingerprint density at radius 3 is 3.06 bits per heavy atom. The summed E-state index contributed by atoms with van der Waals surface area (Å²) in [6, 6.07) is 4.71. The van der Waals surface area contributed by atoms with Crippen LogP contribution in [0.25, 0.3) is 0 Å². The van der Waals surface area contributed by atoms with Crippen LogP contribution in [0.2, 0.25) is 0 Å². The van der Waals surface area contributed by atoms with E-state index in [1.807, 2.05) is 18.3 Å². The van der Waals surface area contributed by atoms with Crippen molar-refractivity contribution in [2.45, 2.75) is 44.8 Å². The van der Waals surface area contributed by atoms with Crippen molar-refractivity contribution < 1.29 is 4.74 Å². The predicted octanol–water partition coefficient (Wildman–Crippen LogP) is 3.28. The number of aromatic nitrogens is 1. The van der Waals surface area contributed by atoms with Crippen LogP contribution in [0.3, 0.4) is 0 Å². The highest BCUT2D eigenvalue weighted by Gasteiger charge is 2.11. The maximum absolute atomic E-state index is 5.67. The van der Waals surface area contributed by atoms with Gasteiger partial charge < -0.3 is 10.1 Å². The Morgan fingerprint density at radius 2 is 2.33 bits per heavy atom. The van der Waals surface area contributed by atoms with Crippen LogP contribution in [0, 0.1) is 0 Å². The van der Waals surface area contributed by atoms with Gasteiger partial charge in [-0.15, -0.1) is 0 Å². The molecule has 4 heteroatoms.